The Bertz CT molecular complexity index is 448. The van der Waals surface area contributed by atoms with Crippen LogP contribution in [-0.2, 0) is 15.6 Å². The maximum atomic E-state index is 7.18. The molecule has 0 nitrogen and oxygen atoms in total. The Kier molecular flexibility index (Phi) is 3.80. The van der Waals surface area contributed by atoms with Crippen molar-refractivity contribution in [3.63, 3.8) is 0 Å². The molecule has 0 amide bonds. The summed E-state index contributed by atoms with van der Waals surface area (Å²) in [6, 6.07) is 0. The molecule has 0 N–H and O–H groups in total. The van der Waals surface area contributed by atoms with Gasteiger partial charge in [-0.25, -0.2) is 0 Å². The van der Waals surface area contributed by atoms with Crippen LogP contribution in [0.1, 0.15) is 33.6 Å². The third-order valence-electron chi connectivity index (χ3n) is 2.90. The summed E-state index contributed by atoms with van der Waals surface area (Å²) in [5.74, 6) is 0. The summed E-state index contributed by atoms with van der Waals surface area (Å²) >= 11 is -2.99. The number of hydrogen-bond acceptors (Lipinski definition) is 0. The van der Waals surface area contributed by atoms with Gasteiger partial charge in [0.1, 0.15) is 0 Å². The predicted molar refractivity (Wildman–Crippen MR) is 75.1 cm³/mol. The zero-order chi connectivity index (χ0) is 12.5. The zero-order valence-electron chi connectivity index (χ0n) is 10.8. The molecule has 0 saturated carbocycles. The van der Waals surface area contributed by atoms with Crippen molar-refractivity contribution >= 4 is 13.4 Å². The van der Waals surface area contributed by atoms with Crippen molar-refractivity contribution < 1.29 is 15.6 Å². The Labute approximate surface area is 112 Å². The summed E-state index contributed by atoms with van der Waals surface area (Å²) in [7, 11) is 7.18. The SMILES string of the molecule is CC(C)(C)[CH]=[Ta]([Cl])([C]1=CC=CC1)[C]1=CC=CC1. The average molecular weight is 417 g/mol. The van der Waals surface area contributed by atoms with Crippen LogP contribution in [0.3, 0.4) is 0 Å². The molecule has 0 heterocycles. The molecule has 2 aliphatic carbocycles. The van der Waals surface area contributed by atoms with Gasteiger partial charge in [0.25, 0.3) is 0 Å². The summed E-state index contributed by atoms with van der Waals surface area (Å²) in [4.78, 5) is 0. The van der Waals surface area contributed by atoms with Crippen LogP contribution in [0, 0.1) is 5.41 Å². The molecule has 0 aromatic carbocycles. The standard InChI is InChI=1S/2C5H5.C5H10.ClH.Ta/c2*1-2-4-5-3-1;1-5(2,3)4;;/h2*1-3H,4H2;1H,2-4H3;1H;/q;;;;+1/p-1. The third-order valence-corrected chi connectivity index (χ3v) is 19.7. The molecule has 0 bridgehead atoms. The molecule has 2 rings (SSSR count). The third kappa shape index (κ3) is 3.00. The Balaban J connectivity index is 2.47. The van der Waals surface area contributed by atoms with E-state index >= 15 is 0 Å². The van der Waals surface area contributed by atoms with Crippen molar-refractivity contribution in [1.82, 2.24) is 0 Å². The van der Waals surface area contributed by atoms with Crippen LogP contribution in [0.15, 0.2) is 44.0 Å². The minimum atomic E-state index is -2.99. The maximum absolute atomic E-state index is 7.18. The van der Waals surface area contributed by atoms with E-state index in [2.05, 4.69) is 61.5 Å². The second kappa shape index (κ2) is 4.85. The molecular weight excluding hydrogens is 397 g/mol. The number of halogens is 1. The molecule has 92 valence electrons. The van der Waals surface area contributed by atoms with Crippen LogP contribution >= 0.6 is 9.19 Å². The van der Waals surface area contributed by atoms with E-state index in [1.165, 1.54) is 7.58 Å². The molecule has 0 radical (unpaired) electrons. The van der Waals surface area contributed by atoms with Crippen LogP contribution in [0.5, 0.6) is 0 Å². The van der Waals surface area contributed by atoms with Crippen molar-refractivity contribution in [2.24, 2.45) is 5.41 Å². The Morgan fingerprint density at radius 1 is 1.06 bits per heavy atom. The van der Waals surface area contributed by atoms with Gasteiger partial charge in [-0.2, -0.15) is 0 Å². The van der Waals surface area contributed by atoms with Crippen LogP contribution in [0.4, 0.5) is 0 Å². The van der Waals surface area contributed by atoms with Gasteiger partial charge >= 0.3 is 112 Å². The minimum absolute atomic E-state index is 0.201. The predicted octanol–water partition coefficient (Wildman–Crippen LogP) is 4.83. The summed E-state index contributed by atoms with van der Waals surface area (Å²) in [6.45, 7) is 6.77. The molecule has 0 aliphatic heterocycles. The topological polar surface area (TPSA) is 0 Å². The first-order chi connectivity index (χ1) is 7.92. The van der Waals surface area contributed by atoms with Gasteiger partial charge < -0.3 is 0 Å². The van der Waals surface area contributed by atoms with Gasteiger partial charge in [0.2, 0.25) is 0 Å². The second-order valence-electron chi connectivity index (χ2n) is 5.71. The molecule has 0 atom stereocenters. The fourth-order valence-corrected chi connectivity index (χ4v) is 17.9. The fraction of sp³-hybridized carbons (Fsp3) is 0.400. The van der Waals surface area contributed by atoms with Gasteiger partial charge in [0.05, 0.1) is 0 Å². The van der Waals surface area contributed by atoms with Crippen LogP contribution in [0.25, 0.3) is 0 Å². The molecule has 0 aromatic heterocycles. The van der Waals surface area contributed by atoms with E-state index < -0.39 is 15.6 Å². The van der Waals surface area contributed by atoms with E-state index in [4.69, 9.17) is 9.19 Å². The molecule has 0 aromatic rings. The van der Waals surface area contributed by atoms with Crippen LogP contribution < -0.4 is 0 Å². The first-order valence-corrected chi connectivity index (χ1v) is 15.1. The van der Waals surface area contributed by atoms with E-state index in [0.29, 0.717) is 0 Å². The van der Waals surface area contributed by atoms with Crippen molar-refractivity contribution in [2.45, 2.75) is 33.6 Å². The fourth-order valence-electron chi connectivity index (χ4n) is 2.24. The Morgan fingerprint density at radius 2 is 1.53 bits per heavy atom. The average Bonchev–Trinajstić information content (AvgIpc) is 2.89. The van der Waals surface area contributed by atoms with Gasteiger partial charge in [-0.15, -0.1) is 0 Å². The van der Waals surface area contributed by atoms with E-state index in [-0.39, 0.29) is 5.41 Å². The first kappa shape index (κ1) is 13.3. The van der Waals surface area contributed by atoms with E-state index in [1.54, 1.807) is 0 Å². The van der Waals surface area contributed by atoms with E-state index in [1.807, 2.05) is 0 Å². The first-order valence-electron chi connectivity index (χ1n) is 6.10. The number of hydrogen-bond donors (Lipinski definition) is 0. The second-order valence-corrected chi connectivity index (χ2v) is 19.7. The quantitative estimate of drug-likeness (QED) is 0.605. The monoisotopic (exact) mass is 416 g/mol. The summed E-state index contributed by atoms with van der Waals surface area (Å²) in [6.07, 6.45) is 15.4. The summed E-state index contributed by atoms with van der Waals surface area (Å²) < 4.78 is 5.51. The van der Waals surface area contributed by atoms with Gasteiger partial charge in [-0.3, -0.25) is 0 Å². The van der Waals surface area contributed by atoms with Gasteiger partial charge in [0.15, 0.2) is 0 Å². The van der Waals surface area contributed by atoms with Gasteiger partial charge in [-0.05, 0) is 0 Å². The molecule has 0 fully saturated rings. The molecule has 17 heavy (non-hydrogen) atoms. The summed E-state index contributed by atoms with van der Waals surface area (Å²) in [5.41, 5.74) is 0.201. The molecular formula is C15H20ClTa. The van der Waals surface area contributed by atoms with Crippen LogP contribution in [0.2, 0.25) is 0 Å². The molecule has 2 heteroatoms. The van der Waals surface area contributed by atoms with E-state index in [9.17, 15) is 0 Å². The normalized spacial score (nSPS) is 19.5. The Hall–Kier alpha value is -0.140. The van der Waals surface area contributed by atoms with Gasteiger partial charge in [0, 0.05) is 0 Å². The number of allylic oxidation sites excluding steroid dienone is 8. The van der Waals surface area contributed by atoms with Gasteiger partial charge in [-0.1, -0.05) is 0 Å². The molecule has 0 saturated heterocycles. The van der Waals surface area contributed by atoms with Crippen molar-refractivity contribution in [3.05, 3.63) is 44.0 Å². The molecule has 0 spiro atoms. The van der Waals surface area contributed by atoms with Crippen molar-refractivity contribution in [1.29, 1.82) is 0 Å². The molecule has 0 unspecified atom stereocenters. The summed E-state index contributed by atoms with van der Waals surface area (Å²) in [5, 5.41) is 0. The van der Waals surface area contributed by atoms with Crippen LogP contribution in [-0.4, -0.2) is 4.23 Å². The molecule has 2 aliphatic rings. The van der Waals surface area contributed by atoms with E-state index in [0.717, 1.165) is 12.8 Å². The van der Waals surface area contributed by atoms with Crippen molar-refractivity contribution in [3.8, 4) is 0 Å². The number of rotatable bonds is 2. The van der Waals surface area contributed by atoms with Crippen molar-refractivity contribution in [2.75, 3.05) is 0 Å². The Morgan fingerprint density at radius 3 is 1.82 bits per heavy atom. The zero-order valence-corrected chi connectivity index (χ0v) is 14.8.